The Bertz CT molecular complexity index is 481. The normalized spacial score (nSPS) is 24.7. The van der Waals surface area contributed by atoms with E-state index in [0.29, 0.717) is 6.54 Å². The minimum atomic E-state index is -0.660. The number of likely N-dealkylation sites (tertiary alicyclic amines) is 1. The van der Waals surface area contributed by atoms with Gasteiger partial charge in [0.05, 0.1) is 5.41 Å². The number of carbonyl (C=O) groups is 1. The minimum absolute atomic E-state index is 0.168. The molecule has 0 aromatic heterocycles. The second-order valence-electron chi connectivity index (χ2n) is 6.18. The molecule has 0 amide bonds. The minimum Gasteiger partial charge on any atom is -0.508 e. The Hall–Kier alpha value is -1.55. The number of phenols is 1. The van der Waals surface area contributed by atoms with E-state index in [0.717, 1.165) is 37.8 Å². The van der Waals surface area contributed by atoms with Crippen molar-refractivity contribution in [2.24, 2.45) is 5.41 Å². The van der Waals surface area contributed by atoms with Gasteiger partial charge in [0.15, 0.2) is 0 Å². The van der Waals surface area contributed by atoms with Crippen molar-refractivity contribution in [1.82, 2.24) is 4.90 Å². The van der Waals surface area contributed by atoms with Crippen molar-refractivity contribution >= 4 is 5.97 Å². The summed E-state index contributed by atoms with van der Waals surface area (Å²) >= 11 is 0. The van der Waals surface area contributed by atoms with Crippen molar-refractivity contribution in [1.29, 1.82) is 0 Å². The molecule has 4 nitrogen and oxygen atoms in total. The number of aromatic hydroxyl groups is 1. The predicted octanol–water partition coefficient (Wildman–Crippen LogP) is 3.42. The van der Waals surface area contributed by atoms with Gasteiger partial charge < -0.3 is 10.2 Å². The first-order valence-electron chi connectivity index (χ1n) is 7.75. The molecule has 1 fully saturated rings. The summed E-state index contributed by atoms with van der Waals surface area (Å²) in [7, 11) is 0. The third-order valence-electron chi connectivity index (χ3n) is 4.71. The highest BCUT2D eigenvalue weighted by molar-refractivity contribution is 5.75. The first-order valence-corrected chi connectivity index (χ1v) is 7.75. The number of hydrogen-bond acceptors (Lipinski definition) is 3. The second-order valence-corrected chi connectivity index (χ2v) is 6.18. The molecular formula is C17H25NO3. The third-order valence-corrected chi connectivity index (χ3v) is 4.71. The van der Waals surface area contributed by atoms with E-state index in [9.17, 15) is 15.0 Å². The van der Waals surface area contributed by atoms with Crippen molar-refractivity contribution in [2.45, 2.75) is 45.6 Å². The van der Waals surface area contributed by atoms with E-state index >= 15 is 0 Å². The first kappa shape index (κ1) is 15.8. The highest BCUT2D eigenvalue weighted by Gasteiger charge is 2.42. The number of carboxylic acid groups (broad SMARTS) is 1. The van der Waals surface area contributed by atoms with Gasteiger partial charge in [-0.1, -0.05) is 25.5 Å². The Morgan fingerprint density at radius 1 is 1.38 bits per heavy atom. The summed E-state index contributed by atoms with van der Waals surface area (Å²) in [5.74, 6) is -0.401. The van der Waals surface area contributed by atoms with Gasteiger partial charge in [0.1, 0.15) is 5.75 Å². The van der Waals surface area contributed by atoms with E-state index < -0.39 is 11.4 Å². The zero-order valence-corrected chi connectivity index (χ0v) is 12.9. The lowest BCUT2D eigenvalue weighted by atomic mass is 9.76. The van der Waals surface area contributed by atoms with Gasteiger partial charge >= 0.3 is 5.97 Å². The highest BCUT2D eigenvalue weighted by Crippen LogP contribution is 2.38. The summed E-state index contributed by atoms with van der Waals surface area (Å²) in [6.45, 7) is 5.70. The van der Waals surface area contributed by atoms with Gasteiger partial charge in [-0.3, -0.25) is 9.69 Å². The van der Waals surface area contributed by atoms with Crippen LogP contribution in [0.15, 0.2) is 24.3 Å². The summed E-state index contributed by atoms with van der Waals surface area (Å²) in [6.07, 6.45) is 3.33. The van der Waals surface area contributed by atoms with Crippen LogP contribution in [0.1, 0.15) is 51.1 Å². The van der Waals surface area contributed by atoms with Crippen LogP contribution in [-0.2, 0) is 4.79 Å². The fourth-order valence-electron chi connectivity index (χ4n) is 3.43. The van der Waals surface area contributed by atoms with Crippen LogP contribution >= 0.6 is 0 Å². The number of hydrogen-bond donors (Lipinski definition) is 2. The quantitative estimate of drug-likeness (QED) is 0.872. The fourth-order valence-corrected chi connectivity index (χ4v) is 3.43. The molecule has 1 aromatic rings. The summed E-state index contributed by atoms with van der Waals surface area (Å²) in [4.78, 5) is 14.0. The fraction of sp³-hybridized carbons (Fsp3) is 0.588. The van der Waals surface area contributed by atoms with E-state index in [1.54, 1.807) is 12.1 Å². The number of carboxylic acids is 1. The highest BCUT2D eigenvalue weighted by atomic mass is 16.4. The summed E-state index contributed by atoms with van der Waals surface area (Å²) in [6, 6.07) is 7.37. The predicted molar refractivity (Wildman–Crippen MR) is 82.3 cm³/mol. The first-order chi connectivity index (χ1) is 9.98. The summed E-state index contributed by atoms with van der Waals surface area (Å²) in [5, 5.41) is 19.0. The average Bonchev–Trinajstić information content (AvgIpc) is 2.48. The molecule has 2 unspecified atom stereocenters. The van der Waals surface area contributed by atoms with Crippen molar-refractivity contribution in [2.75, 3.05) is 13.1 Å². The summed E-state index contributed by atoms with van der Waals surface area (Å²) < 4.78 is 0. The third kappa shape index (κ3) is 3.38. The van der Waals surface area contributed by atoms with Crippen LogP contribution < -0.4 is 0 Å². The molecule has 0 bridgehead atoms. The van der Waals surface area contributed by atoms with Crippen LogP contribution in [0.3, 0.4) is 0 Å². The zero-order chi connectivity index (χ0) is 15.5. The monoisotopic (exact) mass is 291 g/mol. The van der Waals surface area contributed by atoms with Gasteiger partial charge in [-0.25, -0.2) is 0 Å². The lowest BCUT2D eigenvalue weighted by Gasteiger charge is -2.42. The molecule has 116 valence electrons. The van der Waals surface area contributed by atoms with Gasteiger partial charge in [0.25, 0.3) is 0 Å². The van der Waals surface area contributed by atoms with Crippen molar-refractivity contribution in [3.8, 4) is 5.75 Å². The molecular weight excluding hydrogens is 266 g/mol. The topological polar surface area (TPSA) is 60.8 Å². The van der Waals surface area contributed by atoms with Crippen molar-refractivity contribution < 1.29 is 15.0 Å². The number of rotatable bonds is 5. The molecule has 1 aliphatic rings. The molecule has 0 aliphatic carbocycles. The van der Waals surface area contributed by atoms with Crippen LogP contribution in [0.5, 0.6) is 5.75 Å². The second kappa shape index (κ2) is 6.48. The number of benzene rings is 1. The maximum atomic E-state index is 11.8. The van der Waals surface area contributed by atoms with Gasteiger partial charge in [-0.05, 0) is 50.4 Å². The van der Waals surface area contributed by atoms with Crippen molar-refractivity contribution in [3.63, 3.8) is 0 Å². The largest absolute Gasteiger partial charge is 0.508 e. The molecule has 2 atom stereocenters. The number of phenolic OH excluding ortho intramolecular Hbond substituents is 1. The van der Waals surface area contributed by atoms with E-state index in [1.165, 1.54) is 0 Å². The van der Waals surface area contributed by atoms with Crippen LogP contribution in [0, 0.1) is 5.41 Å². The molecule has 1 aliphatic heterocycles. The molecule has 1 aromatic carbocycles. The molecule has 1 heterocycles. The molecule has 0 saturated carbocycles. The molecule has 21 heavy (non-hydrogen) atoms. The number of piperidine rings is 1. The molecule has 1 saturated heterocycles. The van der Waals surface area contributed by atoms with Gasteiger partial charge in [0.2, 0.25) is 0 Å². The van der Waals surface area contributed by atoms with Crippen LogP contribution in [0.2, 0.25) is 0 Å². The van der Waals surface area contributed by atoms with Gasteiger partial charge in [0, 0.05) is 12.6 Å². The molecule has 0 radical (unpaired) electrons. The SMILES string of the molecule is CCCC1(C(=O)O)CCCN(C(C)c2ccc(O)cc2)C1. The van der Waals surface area contributed by atoms with E-state index in [-0.39, 0.29) is 11.8 Å². The smallest absolute Gasteiger partial charge is 0.310 e. The standard InChI is InChI=1S/C17H25NO3/c1-3-9-17(16(20)21)10-4-11-18(12-17)13(2)14-5-7-15(19)8-6-14/h5-8,13,19H,3-4,9-12H2,1-2H3,(H,20,21). The molecule has 4 heteroatoms. The van der Waals surface area contributed by atoms with E-state index in [1.807, 2.05) is 19.1 Å². The van der Waals surface area contributed by atoms with E-state index in [2.05, 4.69) is 11.8 Å². The maximum absolute atomic E-state index is 11.8. The lowest BCUT2D eigenvalue weighted by Crippen LogP contribution is -2.48. The Morgan fingerprint density at radius 3 is 2.62 bits per heavy atom. The molecule has 2 rings (SSSR count). The van der Waals surface area contributed by atoms with Gasteiger partial charge in [-0.15, -0.1) is 0 Å². The van der Waals surface area contributed by atoms with Crippen LogP contribution in [0.4, 0.5) is 0 Å². The Balaban J connectivity index is 2.16. The van der Waals surface area contributed by atoms with Crippen LogP contribution in [-0.4, -0.2) is 34.2 Å². The zero-order valence-electron chi connectivity index (χ0n) is 12.9. The Morgan fingerprint density at radius 2 is 2.05 bits per heavy atom. The van der Waals surface area contributed by atoms with Gasteiger partial charge in [-0.2, -0.15) is 0 Å². The average molecular weight is 291 g/mol. The van der Waals surface area contributed by atoms with Crippen LogP contribution in [0.25, 0.3) is 0 Å². The molecule has 0 spiro atoms. The Kier molecular flexibility index (Phi) is 4.88. The number of nitrogens with zero attached hydrogens (tertiary/aromatic N) is 1. The summed E-state index contributed by atoms with van der Waals surface area (Å²) in [5.41, 5.74) is 0.517. The van der Waals surface area contributed by atoms with Crippen molar-refractivity contribution in [3.05, 3.63) is 29.8 Å². The lowest BCUT2D eigenvalue weighted by molar-refractivity contribution is -0.154. The maximum Gasteiger partial charge on any atom is 0.310 e. The van der Waals surface area contributed by atoms with E-state index in [4.69, 9.17) is 0 Å². The molecule has 2 N–H and O–H groups in total. The Labute approximate surface area is 126 Å². The number of aliphatic carboxylic acids is 1.